The Labute approximate surface area is 124 Å². The van der Waals surface area contributed by atoms with Gasteiger partial charge in [-0.05, 0) is 42.7 Å². The van der Waals surface area contributed by atoms with E-state index in [-0.39, 0.29) is 11.6 Å². The van der Waals surface area contributed by atoms with Gasteiger partial charge in [0.25, 0.3) is 0 Å². The summed E-state index contributed by atoms with van der Waals surface area (Å²) >= 11 is 9.48. The molecule has 0 saturated carbocycles. The molecule has 0 heterocycles. The van der Waals surface area contributed by atoms with Crippen LogP contribution in [0.3, 0.4) is 0 Å². The lowest BCUT2D eigenvalue weighted by molar-refractivity contribution is 0.606. The van der Waals surface area contributed by atoms with Crippen LogP contribution in [-0.4, -0.2) is 0 Å². The van der Waals surface area contributed by atoms with E-state index in [0.29, 0.717) is 21.7 Å². The molecule has 1 atom stereocenters. The van der Waals surface area contributed by atoms with E-state index in [4.69, 9.17) is 11.6 Å². The van der Waals surface area contributed by atoms with E-state index >= 15 is 0 Å². The molecule has 100 valence electrons. The molecule has 0 nitrogen and oxygen atoms in total. The molecule has 2 rings (SSSR count). The van der Waals surface area contributed by atoms with Gasteiger partial charge in [0.2, 0.25) is 0 Å². The van der Waals surface area contributed by atoms with E-state index in [0.717, 1.165) is 5.56 Å². The van der Waals surface area contributed by atoms with Crippen molar-refractivity contribution in [2.75, 3.05) is 0 Å². The van der Waals surface area contributed by atoms with Crippen LogP contribution in [0.5, 0.6) is 0 Å². The first kappa shape index (κ1) is 14.5. The highest BCUT2D eigenvalue weighted by Gasteiger charge is 2.19. The molecule has 0 amide bonds. The van der Waals surface area contributed by atoms with Crippen LogP contribution in [0.15, 0.2) is 30.3 Å². The molecule has 2 aromatic rings. The Hall–Kier alpha value is -0.930. The van der Waals surface area contributed by atoms with Crippen molar-refractivity contribution >= 4 is 27.5 Å². The topological polar surface area (TPSA) is 0 Å². The van der Waals surface area contributed by atoms with Gasteiger partial charge in [-0.2, -0.15) is 0 Å². The summed E-state index contributed by atoms with van der Waals surface area (Å²) in [6, 6.07) is 7.95. The van der Waals surface area contributed by atoms with E-state index in [1.165, 1.54) is 6.07 Å². The molecular weight excluding hydrogens is 334 g/mol. The van der Waals surface area contributed by atoms with Crippen LogP contribution in [0.25, 0.3) is 0 Å². The summed E-state index contributed by atoms with van der Waals surface area (Å²) in [6.07, 6.45) is 0. The predicted molar refractivity (Wildman–Crippen MR) is 78.1 cm³/mol. The normalized spacial score (nSPS) is 12.5. The minimum absolute atomic E-state index is 0.233. The van der Waals surface area contributed by atoms with Crippen LogP contribution in [0.4, 0.5) is 8.78 Å². The molecule has 0 aromatic heterocycles. The van der Waals surface area contributed by atoms with Crippen molar-refractivity contribution in [3.8, 4) is 0 Å². The molecule has 1 unspecified atom stereocenters. The van der Waals surface area contributed by atoms with Crippen molar-refractivity contribution in [1.82, 2.24) is 0 Å². The number of aryl methyl sites for hydroxylation is 2. The zero-order chi connectivity index (χ0) is 14.2. The molecule has 0 aliphatic carbocycles. The third-order valence-corrected chi connectivity index (χ3v) is 4.32. The van der Waals surface area contributed by atoms with Gasteiger partial charge in [-0.1, -0.05) is 45.7 Å². The summed E-state index contributed by atoms with van der Waals surface area (Å²) in [5, 5.41) is 0.349. The maximum Gasteiger partial charge on any atom is 0.129 e. The lowest BCUT2D eigenvalue weighted by Crippen LogP contribution is -2.00. The average molecular weight is 346 g/mol. The fraction of sp³-hybridized carbons (Fsp3) is 0.200. The lowest BCUT2D eigenvalue weighted by Gasteiger charge is -2.15. The van der Waals surface area contributed by atoms with Crippen molar-refractivity contribution in [2.45, 2.75) is 18.7 Å². The average Bonchev–Trinajstić information content (AvgIpc) is 2.35. The van der Waals surface area contributed by atoms with Crippen molar-refractivity contribution in [3.05, 3.63) is 69.2 Å². The largest absolute Gasteiger partial charge is 0.207 e. The molecule has 2 aromatic carbocycles. The summed E-state index contributed by atoms with van der Waals surface area (Å²) < 4.78 is 27.5. The van der Waals surface area contributed by atoms with Gasteiger partial charge in [0.1, 0.15) is 11.6 Å². The number of halogens is 4. The van der Waals surface area contributed by atoms with Crippen LogP contribution >= 0.6 is 27.5 Å². The Bertz CT molecular complexity index is 582. The minimum Gasteiger partial charge on any atom is -0.207 e. The quantitative estimate of drug-likeness (QED) is 0.611. The Morgan fingerprint density at radius 1 is 1.11 bits per heavy atom. The fourth-order valence-corrected chi connectivity index (χ4v) is 3.18. The number of rotatable bonds is 2. The molecule has 0 fully saturated rings. The summed E-state index contributed by atoms with van der Waals surface area (Å²) in [6.45, 7) is 3.38. The van der Waals surface area contributed by atoms with Crippen molar-refractivity contribution in [1.29, 1.82) is 0 Å². The molecule has 0 saturated heterocycles. The Morgan fingerprint density at radius 2 is 1.68 bits per heavy atom. The standard InChI is InChI=1S/C15H12BrClF2/c1-8-6-10(7-9(2)15(8)19)14(16)13-11(17)4-3-5-12(13)18/h3-7,14H,1-2H3. The van der Waals surface area contributed by atoms with E-state index in [9.17, 15) is 8.78 Å². The predicted octanol–water partition coefficient (Wildman–Crippen LogP) is 5.72. The first-order valence-corrected chi connectivity index (χ1v) is 7.05. The van der Waals surface area contributed by atoms with Gasteiger partial charge in [-0.15, -0.1) is 0 Å². The highest BCUT2D eigenvalue weighted by Crippen LogP contribution is 2.37. The smallest absolute Gasteiger partial charge is 0.129 e. The molecule has 0 bridgehead atoms. The maximum absolute atomic E-state index is 13.9. The van der Waals surface area contributed by atoms with E-state index < -0.39 is 4.83 Å². The van der Waals surface area contributed by atoms with Crippen LogP contribution in [0.1, 0.15) is 27.1 Å². The van der Waals surface area contributed by atoms with Gasteiger partial charge in [0, 0.05) is 10.6 Å². The fourth-order valence-electron chi connectivity index (χ4n) is 2.05. The zero-order valence-electron chi connectivity index (χ0n) is 10.5. The number of hydrogen-bond donors (Lipinski definition) is 0. The molecule has 0 aliphatic heterocycles. The number of hydrogen-bond acceptors (Lipinski definition) is 0. The number of alkyl halides is 1. The Morgan fingerprint density at radius 3 is 2.21 bits per heavy atom. The highest BCUT2D eigenvalue weighted by molar-refractivity contribution is 9.09. The van der Waals surface area contributed by atoms with Gasteiger partial charge in [-0.3, -0.25) is 0 Å². The second-order valence-electron chi connectivity index (χ2n) is 4.47. The maximum atomic E-state index is 13.9. The summed E-state index contributed by atoms with van der Waals surface area (Å²) in [5.41, 5.74) is 2.22. The van der Waals surface area contributed by atoms with Crippen molar-refractivity contribution in [2.24, 2.45) is 0 Å². The third kappa shape index (κ3) is 2.82. The Kier molecular flexibility index (Phi) is 4.26. The van der Waals surface area contributed by atoms with E-state index in [1.54, 1.807) is 38.1 Å². The second kappa shape index (κ2) is 5.59. The molecule has 0 radical (unpaired) electrons. The van der Waals surface area contributed by atoms with Crippen LogP contribution < -0.4 is 0 Å². The molecule has 0 spiro atoms. The minimum atomic E-state index is -0.404. The second-order valence-corrected chi connectivity index (χ2v) is 5.79. The monoisotopic (exact) mass is 344 g/mol. The molecule has 0 N–H and O–H groups in total. The Balaban J connectivity index is 2.53. The molecule has 4 heteroatoms. The van der Waals surface area contributed by atoms with Gasteiger partial charge in [-0.25, -0.2) is 8.78 Å². The molecule has 19 heavy (non-hydrogen) atoms. The van der Waals surface area contributed by atoms with Gasteiger partial charge in [0.05, 0.1) is 4.83 Å². The lowest BCUT2D eigenvalue weighted by atomic mass is 9.99. The number of benzene rings is 2. The molecule has 0 aliphatic rings. The SMILES string of the molecule is Cc1cc(C(Br)c2c(F)cccc2Cl)cc(C)c1F. The van der Waals surface area contributed by atoms with E-state index in [1.807, 2.05) is 0 Å². The van der Waals surface area contributed by atoms with Crippen molar-refractivity contribution in [3.63, 3.8) is 0 Å². The zero-order valence-corrected chi connectivity index (χ0v) is 12.8. The summed E-state index contributed by atoms with van der Waals surface area (Å²) in [7, 11) is 0. The van der Waals surface area contributed by atoms with E-state index in [2.05, 4.69) is 15.9 Å². The summed E-state index contributed by atoms with van der Waals surface area (Å²) in [4.78, 5) is -0.404. The summed E-state index contributed by atoms with van der Waals surface area (Å²) in [5.74, 6) is -0.614. The van der Waals surface area contributed by atoms with Crippen LogP contribution in [0.2, 0.25) is 5.02 Å². The van der Waals surface area contributed by atoms with Crippen LogP contribution in [0, 0.1) is 25.5 Å². The van der Waals surface area contributed by atoms with Crippen LogP contribution in [-0.2, 0) is 0 Å². The third-order valence-electron chi connectivity index (χ3n) is 3.00. The first-order valence-electron chi connectivity index (χ1n) is 5.76. The van der Waals surface area contributed by atoms with Gasteiger partial charge >= 0.3 is 0 Å². The van der Waals surface area contributed by atoms with Gasteiger partial charge < -0.3 is 0 Å². The molecular formula is C15H12BrClF2. The van der Waals surface area contributed by atoms with Gasteiger partial charge in [0.15, 0.2) is 0 Å². The van der Waals surface area contributed by atoms with Crippen molar-refractivity contribution < 1.29 is 8.78 Å². The first-order chi connectivity index (χ1) is 8.91. The highest BCUT2D eigenvalue weighted by atomic mass is 79.9.